The van der Waals surface area contributed by atoms with Crippen LogP contribution in [0.3, 0.4) is 0 Å². The molecule has 0 bridgehead atoms. The number of rotatable bonds is 3. The largest absolute Gasteiger partial charge is 0.338 e. The smallest absolute Gasteiger partial charge is 0.188 e. The van der Waals surface area contributed by atoms with Crippen LogP contribution < -0.4 is 5.32 Å². The maximum absolute atomic E-state index is 6.26. The van der Waals surface area contributed by atoms with Gasteiger partial charge in [-0.3, -0.25) is 0 Å². The zero-order valence-electron chi connectivity index (χ0n) is 11.5. The second-order valence-corrected chi connectivity index (χ2v) is 6.41. The van der Waals surface area contributed by atoms with Crippen LogP contribution >= 0.6 is 34.5 Å². The lowest BCUT2D eigenvalue weighted by Crippen LogP contribution is -1.93. The first-order valence-corrected chi connectivity index (χ1v) is 8.31. The molecule has 114 valence electrons. The Morgan fingerprint density at radius 3 is 2.61 bits per heavy atom. The number of nitrogens with zero attached hydrogens (tertiary/aromatic N) is 3. The van der Waals surface area contributed by atoms with Crippen LogP contribution in [0.15, 0.2) is 42.0 Å². The summed E-state index contributed by atoms with van der Waals surface area (Å²) in [5.41, 5.74) is 2.21. The predicted molar refractivity (Wildman–Crippen MR) is 94.7 cm³/mol. The first kappa shape index (κ1) is 14.4. The van der Waals surface area contributed by atoms with E-state index in [1.807, 2.05) is 11.4 Å². The number of fused-ring (bicyclic) bond motifs is 1. The van der Waals surface area contributed by atoms with Crippen LogP contribution in [0.2, 0.25) is 10.0 Å². The standard InChI is InChI=1S/C15H9Cl2N5S/c16-8-2-1-3-9(17)11(8)13-20-10-4-5-18-14(12(10)21-13)22-15-19-6-7-23-15/h1-7H,(H,20,21)(H,18,19,22). The summed E-state index contributed by atoms with van der Waals surface area (Å²) in [4.78, 5) is 16.4. The van der Waals surface area contributed by atoms with Crippen molar-refractivity contribution in [1.82, 2.24) is 19.9 Å². The van der Waals surface area contributed by atoms with Crippen molar-refractivity contribution >= 4 is 56.5 Å². The second-order valence-electron chi connectivity index (χ2n) is 4.70. The quantitative estimate of drug-likeness (QED) is 0.530. The van der Waals surface area contributed by atoms with Crippen molar-refractivity contribution in [3.05, 3.63) is 52.1 Å². The van der Waals surface area contributed by atoms with Crippen molar-refractivity contribution in [2.24, 2.45) is 0 Å². The number of anilines is 2. The summed E-state index contributed by atoms with van der Waals surface area (Å²) in [6.07, 6.45) is 3.43. The van der Waals surface area contributed by atoms with Gasteiger partial charge in [0, 0.05) is 17.8 Å². The van der Waals surface area contributed by atoms with E-state index in [0.717, 1.165) is 10.6 Å². The number of aromatic amines is 1. The van der Waals surface area contributed by atoms with Crippen LogP contribution in [0.1, 0.15) is 0 Å². The van der Waals surface area contributed by atoms with E-state index in [4.69, 9.17) is 23.2 Å². The van der Waals surface area contributed by atoms with Gasteiger partial charge in [-0.2, -0.15) is 0 Å². The van der Waals surface area contributed by atoms with Gasteiger partial charge in [-0.15, -0.1) is 11.3 Å². The Bertz CT molecular complexity index is 961. The Balaban J connectivity index is 1.85. The minimum Gasteiger partial charge on any atom is -0.338 e. The fourth-order valence-electron chi connectivity index (χ4n) is 2.26. The molecule has 0 aliphatic heterocycles. The summed E-state index contributed by atoms with van der Waals surface area (Å²) in [6.45, 7) is 0. The van der Waals surface area contributed by atoms with E-state index in [1.54, 1.807) is 30.6 Å². The molecular weight excluding hydrogens is 353 g/mol. The molecule has 3 aromatic heterocycles. The SMILES string of the molecule is Clc1cccc(Cl)c1-c1nc2c(Nc3nccs3)nccc2[nH]1. The highest BCUT2D eigenvalue weighted by molar-refractivity contribution is 7.13. The summed E-state index contributed by atoms with van der Waals surface area (Å²) in [5.74, 6) is 1.23. The molecule has 0 unspecified atom stereocenters. The van der Waals surface area contributed by atoms with E-state index in [-0.39, 0.29) is 0 Å². The van der Waals surface area contributed by atoms with Crippen LogP contribution in [0.4, 0.5) is 10.9 Å². The minimum absolute atomic E-state index is 0.541. The third kappa shape index (κ3) is 2.65. The van der Waals surface area contributed by atoms with Crippen molar-refractivity contribution in [1.29, 1.82) is 0 Å². The molecule has 3 heterocycles. The van der Waals surface area contributed by atoms with Gasteiger partial charge in [0.2, 0.25) is 0 Å². The van der Waals surface area contributed by atoms with E-state index in [9.17, 15) is 0 Å². The summed E-state index contributed by atoms with van der Waals surface area (Å²) in [7, 11) is 0. The van der Waals surface area contributed by atoms with Crippen LogP contribution in [0.5, 0.6) is 0 Å². The van der Waals surface area contributed by atoms with E-state index in [0.29, 0.717) is 32.8 Å². The van der Waals surface area contributed by atoms with Crippen molar-refractivity contribution in [2.75, 3.05) is 5.32 Å². The third-order valence-corrected chi connectivity index (χ3v) is 4.58. The Morgan fingerprint density at radius 2 is 1.87 bits per heavy atom. The molecule has 4 aromatic rings. The Kier molecular flexibility index (Phi) is 3.65. The third-order valence-electron chi connectivity index (χ3n) is 3.26. The molecule has 5 nitrogen and oxygen atoms in total. The minimum atomic E-state index is 0.541. The van der Waals surface area contributed by atoms with Gasteiger partial charge in [-0.1, -0.05) is 29.3 Å². The molecule has 0 aliphatic rings. The molecule has 2 N–H and O–H groups in total. The highest BCUT2D eigenvalue weighted by atomic mass is 35.5. The second kappa shape index (κ2) is 5.81. The van der Waals surface area contributed by atoms with Crippen molar-refractivity contribution in [3.63, 3.8) is 0 Å². The molecule has 0 fully saturated rings. The van der Waals surface area contributed by atoms with Gasteiger partial charge in [0.1, 0.15) is 11.3 Å². The van der Waals surface area contributed by atoms with E-state index in [1.165, 1.54) is 11.3 Å². The molecule has 4 rings (SSSR count). The molecule has 0 amide bonds. The predicted octanol–water partition coefficient (Wildman–Crippen LogP) is 5.13. The maximum atomic E-state index is 6.26. The molecule has 0 spiro atoms. The molecule has 0 saturated heterocycles. The Labute approximate surface area is 145 Å². The van der Waals surface area contributed by atoms with Gasteiger partial charge in [0.15, 0.2) is 10.9 Å². The first-order chi connectivity index (χ1) is 11.2. The summed E-state index contributed by atoms with van der Waals surface area (Å²) in [6, 6.07) is 7.21. The lowest BCUT2D eigenvalue weighted by Gasteiger charge is -2.02. The van der Waals surface area contributed by atoms with E-state index in [2.05, 4.69) is 25.3 Å². The molecule has 0 radical (unpaired) electrons. The lowest BCUT2D eigenvalue weighted by molar-refractivity contribution is 1.29. The van der Waals surface area contributed by atoms with Crippen molar-refractivity contribution in [2.45, 2.75) is 0 Å². The van der Waals surface area contributed by atoms with Crippen molar-refractivity contribution < 1.29 is 0 Å². The van der Waals surface area contributed by atoms with Crippen LogP contribution in [-0.2, 0) is 0 Å². The van der Waals surface area contributed by atoms with Crippen molar-refractivity contribution in [3.8, 4) is 11.4 Å². The van der Waals surface area contributed by atoms with E-state index < -0.39 is 0 Å². The highest BCUT2D eigenvalue weighted by Gasteiger charge is 2.15. The number of halogens is 2. The number of benzene rings is 1. The zero-order valence-corrected chi connectivity index (χ0v) is 13.9. The average Bonchev–Trinajstić information content (AvgIpc) is 3.17. The Morgan fingerprint density at radius 1 is 1.04 bits per heavy atom. The Hall–Kier alpha value is -2.15. The van der Waals surface area contributed by atoms with Gasteiger partial charge in [-0.25, -0.2) is 15.0 Å². The summed E-state index contributed by atoms with van der Waals surface area (Å²) < 4.78 is 0. The number of hydrogen-bond acceptors (Lipinski definition) is 5. The number of aromatic nitrogens is 4. The first-order valence-electron chi connectivity index (χ1n) is 6.68. The fraction of sp³-hybridized carbons (Fsp3) is 0. The van der Waals surface area contributed by atoms with Gasteiger partial charge in [0.25, 0.3) is 0 Å². The average molecular weight is 362 g/mol. The summed E-state index contributed by atoms with van der Waals surface area (Å²) in [5, 5.41) is 6.90. The topological polar surface area (TPSA) is 66.5 Å². The van der Waals surface area contributed by atoms with Crippen LogP contribution in [-0.4, -0.2) is 19.9 Å². The molecule has 23 heavy (non-hydrogen) atoms. The molecule has 8 heteroatoms. The number of nitrogens with one attached hydrogen (secondary N) is 2. The molecular formula is C15H9Cl2N5S. The number of hydrogen-bond donors (Lipinski definition) is 2. The number of thiazole rings is 1. The lowest BCUT2D eigenvalue weighted by atomic mass is 10.2. The number of H-pyrrole nitrogens is 1. The fourth-order valence-corrected chi connectivity index (χ4v) is 3.36. The molecule has 0 saturated carbocycles. The normalized spacial score (nSPS) is 11.0. The van der Waals surface area contributed by atoms with Gasteiger partial charge < -0.3 is 10.3 Å². The summed E-state index contributed by atoms with van der Waals surface area (Å²) >= 11 is 14.0. The zero-order chi connectivity index (χ0) is 15.8. The van der Waals surface area contributed by atoms with Gasteiger partial charge >= 0.3 is 0 Å². The maximum Gasteiger partial charge on any atom is 0.188 e. The van der Waals surface area contributed by atoms with Gasteiger partial charge in [-0.05, 0) is 18.2 Å². The molecule has 0 atom stereocenters. The van der Waals surface area contributed by atoms with Crippen LogP contribution in [0.25, 0.3) is 22.4 Å². The number of pyridine rings is 1. The van der Waals surface area contributed by atoms with E-state index >= 15 is 0 Å². The van der Waals surface area contributed by atoms with Crippen LogP contribution in [0, 0.1) is 0 Å². The van der Waals surface area contributed by atoms with Gasteiger partial charge in [0.05, 0.1) is 21.1 Å². The molecule has 0 aliphatic carbocycles. The highest BCUT2D eigenvalue weighted by Crippen LogP contribution is 2.35. The molecule has 1 aromatic carbocycles. The monoisotopic (exact) mass is 361 g/mol. The number of imidazole rings is 1.